The Morgan fingerprint density at radius 2 is 2.05 bits per heavy atom. The number of methoxy groups -OCH3 is 1. The van der Waals surface area contributed by atoms with E-state index in [1.165, 1.54) is 31.4 Å². The summed E-state index contributed by atoms with van der Waals surface area (Å²) in [6.07, 6.45) is 0. The van der Waals surface area contributed by atoms with Crippen molar-refractivity contribution in [2.75, 3.05) is 12.4 Å². The van der Waals surface area contributed by atoms with E-state index in [2.05, 4.69) is 19.8 Å². The van der Waals surface area contributed by atoms with E-state index in [1.54, 1.807) is 0 Å². The first kappa shape index (κ1) is 15.5. The fourth-order valence-electron chi connectivity index (χ4n) is 1.42. The number of aromatic nitrogens is 1. The summed E-state index contributed by atoms with van der Waals surface area (Å²) in [5.41, 5.74) is 0.582. The predicted octanol–water partition coefficient (Wildman–Crippen LogP) is 3.93. The number of rotatable bonds is 5. The number of anilines is 2. The molecule has 0 saturated carbocycles. The van der Waals surface area contributed by atoms with Crippen molar-refractivity contribution < 1.29 is 23.0 Å². The van der Waals surface area contributed by atoms with Crippen LogP contribution in [0.1, 0.15) is 9.67 Å². The Labute approximate surface area is 127 Å². The third-order valence-corrected chi connectivity index (χ3v) is 3.62. The second-order valence-electron chi connectivity index (χ2n) is 3.66. The summed E-state index contributed by atoms with van der Waals surface area (Å²) >= 11 is 6.84. The first-order chi connectivity index (χ1) is 9.99. The van der Waals surface area contributed by atoms with Gasteiger partial charge >= 0.3 is 12.6 Å². The Morgan fingerprint density at radius 1 is 1.38 bits per heavy atom. The zero-order chi connectivity index (χ0) is 15.4. The molecule has 1 aromatic heterocycles. The standard InChI is InChI=1S/C12H9ClF2N2O3S/c1-19-10(18)8-9(13)17-12(21-8)16-6-2-4-7(5-3-6)20-11(14)15/h2-5,11H,1H3,(H,16,17). The Balaban J connectivity index is 2.09. The molecule has 1 heterocycles. The molecule has 2 rings (SSSR count). The van der Waals surface area contributed by atoms with Crippen LogP contribution in [-0.2, 0) is 4.74 Å². The summed E-state index contributed by atoms with van der Waals surface area (Å²) in [5, 5.41) is 3.31. The van der Waals surface area contributed by atoms with Gasteiger partial charge in [0.1, 0.15) is 5.75 Å². The molecule has 0 fully saturated rings. The molecule has 21 heavy (non-hydrogen) atoms. The molecule has 2 aromatic rings. The SMILES string of the molecule is COC(=O)c1sc(Nc2ccc(OC(F)F)cc2)nc1Cl. The van der Waals surface area contributed by atoms with Crippen molar-refractivity contribution in [1.82, 2.24) is 4.98 Å². The van der Waals surface area contributed by atoms with Gasteiger partial charge < -0.3 is 14.8 Å². The van der Waals surface area contributed by atoms with Crippen molar-refractivity contribution in [3.63, 3.8) is 0 Å². The zero-order valence-corrected chi connectivity index (χ0v) is 12.2. The van der Waals surface area contributed by atoms with Gasteiger partial charge in [0, 0.05) is 5.69 Å². The molecule has 0 spiro atoms. The van der Waals surface area contributed by atoms with E-state index in [9.17, 15) is 13.6 Å². The highest BCUT2D eigenvalue weighted by atomic mass is 35.5. The molecule has 0 radical (unpaired) electrons. The largest absolute Gasteiger partial charge is 0.465 e. The van der Waals surface area contributed by atoms with Crippen molar-refractivity contribution >= 4 is 39.7 Å². The number of esters is 1. The van der Waals surface area contributed by atoms with Gasteiger partial charge in [-0.25, -0.2) is 9.78 Å². The van der Waals surface area contributed by atoms with Gasteiger partial charge in [0.15, 0.2) is 15.2 Å². The molecule has 0 aliphatic heterocycles. The van der Waals surface area contributed by atoms with Gasteiger partial charge in [0.2, 0.25) is 0 Å². The monoisotopic (exact) mass is 334 g/mol. The molecule has 112 valence electrons. The molecule has 1 N–H and O–H groups in total. The normalized spacial score (nSPS) is 10.5. The van der Waals surface area contributed by atoms with E-state index in [0.29, 0.717) is 10.8 Å². The fraction of sp³-hybridized carbons (Fsp3) is 0.167. The van der Waals surface area contributed by atoms with Crippen LogP contribution in [0.15, 0.2) is 24.3 Å². The minimum Gasteiger partial charge on any atom is -0.465 e. The number of alkyl halides is 2. The maximum Gasteiger partial charge on any atom is 0.387 e. The van der Waals surface area contributed by atoms with Crippen molar-refractivity contribution in [3.05, 3.63) is 34.3 Å². The third-order valence-electron chi connectivity index (χ3n) is 2.29. The van der Waals surface area contributed by atoms with Crippen LogP contribution in [0.4, 0.5) is 19.6 Å². The average Bonchev–Trinajstić information content (AvgIpc) is 2.80. The van der Waals surface area contributed by atoms with Crippen LogP contribution in [0.3, 0.4) is 0 Å². The lowest BCUT2D eigenvalue weighted by Crippen LogP contribution is -2.01. The van der Waals surface area contributed by atoms with E-state index in [-0.39, 0.29) is 15.8 Å². The predicted molar refractivity (Wildman–Crippen MR) is 74.8 cm³/mol. The van der Waals surface area contributed by atoms with Crippen LogP contribution < -0.4 is 10.1 Å². The molecule has 5 nitrogen and oxygen atoms in total. The van der Waals surface area contributed by atoms with Crippen LogP contribution in [0.2, 0.25) is 5.15 Å². The number of benzene rings is 1. The van der Waals surface area contributed by atoms with Crippen molar-refractivity contribution in [2.24, 2.45) is 0 Å². The molecule has 9 heteroatoms. The molecule has 0 unspecified atom stereocenters. The summed E-state index contributed by atoms with van der Waals surface area (Å²) in [4.78, 5) is 15.5. The van der Waals surface area contributed by atoms with Gasteiger partial charge in [0.05, 0.1) is 7.11 Å². The maximum absolute atomic E-state index is 12.0. The van der Waals surface area contributed by atoms with Gasteiger partial charge in [-0.05, 0) is 24.3 Å². The summed E-state index contributed by atoms with van der Waals surface area (Å²) in [6, 6.07) is 5.82. The molecule has 0 aliphatic rings. The lowest BCUT2D eigenvalue weighted by atomic mass is 10.3. The third kappa shape index (κ3) is 4.02. The van der Waals surface area contributed by atoms with Crippen LogP contribution in [0.25, 0.3) is 0 Å². The lowest BCUT2D eigenvalue weighted by molar-refractivity contribution is -0.0498. The summed E-state index contributed by atoms with van der Waals surface area (Å²) in [7, 11) is 1.24. The maximum atomic E-state index is 12.0. The van der Waals surface area contributed by atoms with Crippen molar-refractivity contribution in [3.8, 4) is 5.75 Å². The topological polar surface area (TPSA) is 60.5 Å². The number of thiazole rings is 1. The van der Waals surface area contributed by atoms with Crippen molar-refractivity contribution in [1.29, 1.82) is 0 Å². The van der Waals surface area contributed by atoms with Gasteiger partial charge in [-0.1, -0.05) is 22.9 Å². The van der Waals surface area contributed by atoms with Crippen LogP contribution in [-0.4, -0.2) is 24.7 Å². The number of carbonyl (C=O) groups excluding carboxylic acids is 1. The zero-order valence-electron chi connectivity index (χ0n) is 10.6. The smallest absolute Gasteiger partial charge is 0.387 e. The highest BCUT2D eigenvalue weighted by molar-refractivity contribution is 7.18. The molecule has 0 amide bonds. The molecular formula is C12H9ClF2N2O3S. The number of carbonyl (C=O) groups is 1. The summed E-state index contributed by atoms with van der Waals surface area (Å²) < 4.78 is 32.8. The van der Waals surface area contributed by atoms with E-state index in [1.807, 2.05) is 0 Å². The molecule has 0 aliphatic carbocycles. The minimum absolute atomic E-state index is 0.0343. The van der Waals surface area contributed by atoms with Gasteiger partial charge in [-0.15, -0.1) is 0 Å². The average molecular weight is 335 g/mol. The molecular weight excluding hydrogens is 326 g/mol. The molecule has 1 aromatic carbocycles. The number of ether oxygens (including phenoxy) is 2. The number of nitrogens with one attached hydrogen (secondary N) is 1. The van der Waals surface area contributed by atoms with Crippen LogP contribution in [0, 0.1) is 0 Å². The first-order valence-corrected chi connectivity index (χ1v) is 6.75. The van der Waals surface area contributed by atoms with Crippen LogP contribution in [0.5, 0.6) is 5.75 Å². The fourth-order valence-corrected chi connectivity index (χ4v) is 2.54. The van der Waals surface area contributed by atoms with E-state index in [0.717, 1.165) is 11.3 Å². The quantitative estimate of drug-likeness (QED) is 0.839. The van der Waals surface area contributed by atoms with Gasteiger partial charge in [-0.3, -0.25) is 0 Å². The first-order valence-electron chi connectivity index (χ1n) is 5.56. The highest BCUT2D eigenvalue weighted by Gasteiger charge is 2.17. The minimum atomic E-state index is -2.87. The summed E-state index contributed by atoms with van der Waals surface area (Å²) in [5.74, 6) is -0.533. The second-order valence-corrected chi connectivity index (χ2v) is 5.02. The van der Waals surface area contributed by atoms with E-state index >= 15 is 0 Å². The Bertz CT molecular complexity index is 634. The second kappa shape index (κ2) is 6.68. The number of halogens is 3. The van der Waals surface area contributed by atoms with Crippen LogP contribution >= 0.6 is 22.9 Å². The molecule has 0 atom stereocenters. The van der Waals surface area contributed by atoms with Gasteiger partial charge in [0.25, 0.3) is 0 Å². The van der Waals surface area contributed by atoms with Crippen molar-refractivity contribution in [2.45, 2.75) is 6.61 Å². The van der Waals surface area contributed by atoms with E-state index in [4.69, 9.17) is 11.6 Å². The Kier molecular flexibility index (Phi) is 4.92. The molecule has 0 bridgehead atoms. The highest BCUT2D eigenvalue weighted by Crippen LogP contribution is 2.30. The van der Waals surface area contributed by atoms with E-state index < -0.39 is 12.6 Å². The summed E-state index contributed by atoms with van der Waals surface area (Å²) in [6.45, 7) is -2.87. The number of hydrogen-bond donors (Lipinski definition) is 1. The number of hydrogen-bond acceptors (Lipinski definition) is 6. The Morgan fingerprint density at radius 3 is 2.62 bits per heavy atom. The lowest BCUT2D eigenvalue weighted by Gasteiger charge is -2.06. The van der Waals surface area contributed by atoms with Gasteiger partial charge in [-0.2, -0.15) is 8.78 Å². The number of nitrogens with zero attached hydrogens (tertiary/aromatic N) is 1. The Hall–Kier alpha value is -1.93. The molecule has 0 saturated heterocycles.